The van der Waals surface area contributed by atoms with Gasteiger partial charge in [-0.2, -0.15) is 0 Å². The summed E-state index contributed by atoms with van der Waals surface area (Å²) in [6.07, 6.45) is 0. The number of hydrogen-bond donors (Lipinski definition) is 2. The van der Waals surface area contributed by atoms with E-state index in [0.717, 1.165) is 6.07 Å². The molecule has 2 aromatic rings. The zero-order valence-corrected chi connectivity index (χ0v) is 13.9. The summed E-state index contributed by atoms with van der Waals surface area (Å²) < 4.78 is 10.6. The van der Waals surface area contributed by atoms with Crippen molar-refractivity contribution in [3.63, 3.8) is 0 Å². The summed E-state index contributed by atoms with van der Waals surface area (Å²) in [5.74, 6) is -0.108. The van der Waals surface area contributed by atoms with Crippen molar-refractivity contribution in [2.75, 3.05) is 13.2 Å². The molecule has 0 aliphatic heterocycles. The highest BCUT2D eigenvalue weighted by atomic mass is 16.6. The van der Waals surface area contributed by atoms with Crippen molar-refractivity contribution in [3.05, 3.63) is 64.2 Å². The van der Waals surface area contributed by atoms with Gasteiger partial charge in [0.1, 0.15) is 11.5 Å². The van der Waals surface area contributed by atoms with Crippen LogP contribution < -0.4 is 20.3 Å². The van der Waals surface area contributed by atoms with E-state index in [1.165, 1.54) is 18.2 Å². The van der Waals surface area contributed by atoms with Crippen LogP contribution in [0.15, 0.2) is 48.5 Å². The van der Waals surface area contributed by atoms with Gasteiger partial charge in [-0.1, -0.05) is 6.07 Å². The van der Waals surface area contributed by atoms with Crippen LogP contribution in [0.3, 0.4) is 0 Å². The second-order valence-corrected chi connectivity index (χ2v) is 5.00. The summed E-state index contributed by atoms with van der Waals surface area (Å²) in [5.41, 5.74) is 4.17. The van der Waals surface area contributed by atoms with E-state index in [1.807, 2.05) is 6.92 Å². The van der Waals surface area contributed by atoms with Crippen LogP contribution in [0.25, 0.3) is 0 Å². The second kappa shape index (κ2) is 9.02. The first-order chi connectivity index (χ1) is 12.5. The lowest BCUT2D eigenvalue weighted by molar-refractivity contribution is -0.384. The average molecular weight is 359 g/mol. The van der Waals surface area contributed by atoms with E-state index in [0.29, 0.717) is 18.1 Å². The first-order valence-corrected chi connectivity index (χ1v) is 7.69. The number of hydrogen-bond acceptors (Lipinski definition) is 6. The molecule has 9 nitrogen and oxygen atoms in total. The Kier molecular flexibility index (Phi) is 6.49. The van der Waals surface area contributed by atoms with Crippen molar-refractivity contribution >= 4 is 17.5 Å². The standard InChI is InChI=1S/C17H17N3O6/c1-2-25-14-6-8-15(9-7-14)26-11-16(21)18-19-17(22)12-4-3-5-13(10-12)20(23)24/h3-10H,2,11H2,1H3,(H,18,21)(H,19,22). The monoisotopic (exact) mass is 359 g/mol. The molecule has 0 aliphatic rings. The minimum atomic E-state index is -0.678. The fraction of sp³-hybridized carbons (Fsp3) is 0.176. The molecule has 0 fully saturated rings. The second-order valence-electron chi connectivity index (χ2n) is 5.00. The predicted octanol–water partition coefficient (Wildman–Crippen LogP) is 1.83. The Hall–Kier alpha value is -3.62. The van der Waals surface area contributed by atoms with Gasteiger partial charge in [0.15, 0.2) is 6.61 Å². The Balaban J connectivity index is 1.80. The molecule has 2 amide bonds. The van der Waals surface area contributed by atoms with E-state index < -0.39 is 16.7 Å². The highest BCUT2D eigenvalue weighted by molar-refractivity contribution is 5.96. The summed E-state index contributed by atoms with van der Waals surface area (Å²) in [6.45, 7) is 2.10. The van der Waals surface area contributed by atoms with E-state index in [9.17, 15) is 19.7 Å². The topological polar surface area (TPSA) is 120 Å². The van der Waals surface area contributed by atoms with Crippen molar-refractivity contribution in [1.82, 2.24) is 10.9 Å². The number of benzene rings is 2. The summed E-state index contributed by atoms with van der Waals surface area (Å²) in [4.78, 5) is 33.7. The molecule has 2 N–H and O–H groups in total. The van der Waals surface area contributed by atoms with Gasteiger partial charge in [-0.15, -0.1) is 0 Å². The number of nitro groups is 1. The molecule has 0 spiro atoms. The third-order valence-electron chi connectivity index (χ3n) is 3.14. The summed E-state index contributed by atoms with van der Waals surface area (Å²) in [7, 11) is 0. The molecule has 0 saturated carbocycles. The van der Waals surface area contributed by atoms with Crippen LogP contribution >= 0.6 is 0 Å². The molecule has 0 aliphatic carbocycles. The zero-order chi connectivity index (χ0) is 18.9. The molecular weight excluding hydrogens is 342 g/mol. The minimum absolute atomic E-state index is 0.0481. The maximum Gasteiger partial charge on any atom is 0.276 e. The fourth-order valence-corrected chi connectivity index (χ4v) is 1.94. The minimum Gasteiger partial charge on any atom is -0.494 e. The lowest BCUT2D eigenvalue weighted by atomic mass is 10.2. The molecule has 0 unspecified atom stereocenters. The lowest BCUT2D eigenvalue weighted by Crippen LogP contribution is -2.43. The van der Waals surface area contributed by atoms with E-state index in [1.54, 1.807) is 24.3 Å². The highest BCUT2D eigenvalue weighted by Crippen LogP contribution is 2.17. The van der Waals surface area contributed by atoms with Crippen LogP contribution in [-0.4, -0.2) is 30.0 Å². The van der Waals surface area contributed by atoms with E-state index in [-0.39, 0.29) is 17.9 Å². The molecule has 2 rings (SSSR count). The summed E-state index contributed by atoms with van der Waals surface area (Å²) in [5, 5.41) is 10.7. The average Bonchev–Trinajstić information content (AvgIpc) is 2.66. The van der Waals surface area contributed by atoms with Gasteiger partial charge in [-0.25, -0.2) is 0 Å². The van der Waals surface area contributed by atoms with Gasteiger partial charge in [-0.3, -0.25) is 30.6 Å². The van der Waals surface area contributed by atoms with Gasteiger partial charge in [-0.05, 0) is 37.3 Å². The first-order valence-electron chi connectivity index (χ1n) is 7.69. The normalized spacial score (nSPS) is 9.88. The van der Waals surface area contributed by atoms with Crippen molar-refractivity contribution in [3.8, 4) is 11.5 Å². The van der Waals surface area contributed by atoms with Gasteiger partial charge >= 0.3 is 0 Å². The van der Waals surface area contributed by atoms with Crippen LogP contribution in [0.5, 0.6) is 11.5 Å². The van der Waals surface area contributed by atoms with Gasteiger partial charge in [0, 0.05) is 17.7 Å². The fourth-order valence-electron chi connectivity index (χ4n) is 1.94. The van der Waals surface area contributed by atoms with Crippen LogP contribution in [0.1, 0.15) is 17.3 Å². The molecule has 0 saturated heterocycles. The van der Waals surface area contributed by atoms with Crippen molar-refractivity contribution < 1.29 is 24.0 Å². The highest BCUT2D eigenvalue weighted by Gasteiger charge is 2.12. The Bertz CT molecular complexity index is 791. The number of nitrogens with one attached hydrogen (secondary N) is 2. The number of non-ortho nitro benzene ring substituents is 1. The maximum absolute atomic E-state index is 11.9. The molecule has 136 valence electrons. The number of nitro benzene ring substituents is 1. The predicted molar refractivity (Wildman–Crippen MR) is 91.8 cm³/mol. The molecule has 9 heteroatoms. The smallest absolute Gasteiger partial charge is 0.276 e. The number of carbonyl (C=O) groups excluding carboxylic acids is 2. The van der Waals surface area contributed by atoms with E-state index >= 15 is 0 Å². The third kappa shape index (κ3) is 5.48. The molecule has 0 radical (unpaired) electrons. The lowest BCUT2D eigenvalue weighted by Gasteiger charge is -2.09. The maximum atomic E-state index is 11.9. The van der Waals surface area contributed by atoms with Gasteiger partial charge in [0.25, 0.3) is 17.5 Å². The molecule has 26 heavy (non-hydrogen) atoms. The van der Waals surface area contributed by atoms with Crippen molar-refractivity contribution in [2.24, 2.45) is 0 Å². The Morgan fingerprint density at radius 3 is 2.31 bits per heavy atom. The number of amides is 2. The van der Waals surface area contributed by atoms with Crippen LogP contribution in [0, 0.1) is 10.1 Å². The Morgan fingerprint density at radius 1 is 1.04 bits per heavy atom. The number of ether oxygens (including phenoxy) is 2. The Labute approximate surface area is 149 Å². The van der Waals surface area contributed by atoms with E-state index in [4.69, 9.17) is 9.47 Å². The molecule has 0 atom stereocenters. The van der Waals surface area contributed by atoms with Crippen LogP contribution in [0.2, 0.25) is 0 Å². The van der Waals surface area contributed by atoms with Crippen LogP contribution in [-0.2, 0) is 4.79 Å². The number of rotatable bonds is 7. The van der Waals surface area contributed by atoms with Gasteiger partial charge < -0.3 is 9.47 Å². The molecule has 2 aromatic carbocycles. The number of hydrazine groups is 1. The SMILES string of the molecule is CCOc1ccc(OCC(=O)NNC(=O)c2cccc([N+](=O)[O-])c2)cc1. The molecule has 0 heterocycles. The zero-order valence-electron chi connectivity index (χ0n) is 13.9. The van der Waals surface area contributed by atoms with Gasteiger partial charge in [0.05, 0.1) is 11.5 Å². The first kappa shape index (κ1) is 18.7. The number of nitrogens with zero attached hydrogens (tertiary/aromatic N) is 1. The molecule has 0 aromatic heterocycles. The van der Waals surface area contributed by atoms with Crippen molar-refractivity contribution in [1.29, 1.82) is 0 Å². The molecule has 0 bridgehead atoms. The molecular formula is C17H17N3O6. The summed E-state index contributed by atoms with van der Waals surface area (Å²) in [6, 6.07) is 11.9. The number of carbonyl (C=O) groups is 2. The van der Waals surface area contributed by atoms with Crippen LogP contribution in [0.4, 0.5) is 5.69 Å². The third-order valence-corrected chi connectivity index (χ3v) is 3.14. The summed E-state index contributed by atoms with van der Waals surface area (Å²) >= 11 is 0. The van der Waals surface area contributed by atoms with Gasteiger partial charge in [0.2, 0.25) is 0 Å². The van der Waals surface area contributed by atoms with E-state index in [2.05, 4.69) is 10.9 Å². The largest absolute Gasteiger partial charge is 0.494 e. The quantitative estimate of drug-likeness (QED) is 0.575. The Morgan fingerprint density at radius 2 is 1.69 bits per heavy atom. The van der Waals surface area contributed by atoms with Crippen molar-refractivity contribution in [2.45, 2.75) is 6.92 Å².